The van der Waals surface area contributed by atoms with Crippen LogP contribution in [0.3, 0.4) is 0 Å². The predicted octanol–water partition coefficient (Wildman–Crippen LogP) is 2.21. The molecular weight excluding hydrogens is 354 g/mol. The number of hydrogen-bond acceptors (Lipinski definition) is 3. The molecule has 0 bridgehead atoms. The van der Waals surface area contributed by atoms with E-state index in [1.165, 1.54) is 0 Å². The number of nitrogens with zero attached hydrogens (tertiary/aromatic N) is 1. The minimum absolute atomic E-state index is 0.0306. The molecule has 6 heteroatoms. The normalized spacial score (nSPS) is 18.6. The Balaban J connectivity index is 1.64. The van der Waals surface area contributed by atoms with Crippen LogP contribution in [0.4, 0.5) is 0 Å². The molecule has 2 fully saturated rings. The van der Waals surface area contributed by atoms with Crippen LogP contribution in [0.25, 0.3) is 0 Å². The first-order valence-electron chi connectivity index (χ1n) is 10.4. The van der Waals surface area contributed by atoms with Crippen molar-refractivity contribution < 1.29 is 14.4 Å². The molecule has 3 rings (SSSR count). The zero-order valence-electron chi connectivity index (χ0n) is 16.8. The van der Waals surface area contributed by atoms with Crippen molar-refractivity contribution in [1.29, 1.82) is 0 Å². The second kappa shape index (κ2) is 9.22. The summed E-state index contributed by atoms with van der Waals surface area (Å²) in [5.74, 6) is 0.481. The summed E-state index contributed by atoms with van der Waals surface area (Å²) in [6.45, 7) is 5.99. The predicted molar refractivity (Wildman–Crippen MR) is 108 cm³/mol. The molecule has 1 aliphatic heterocycles. The van der Waals surface area contributed by atoms with Crippen LogP contribution in [0, 0.1) is 17.8 Å². The number of nitrogens with one attached hydrogen (secondary N) is 2. The molecule has 0 aromatic heterocycles. The highest BCUT2D eigenvalue weighted by atomic mass is 16.2. The summed E-state index contributed by atoms with van der Waals surface area (Å²) >= 11 is 0. The van der Waals surface area contributed by atoms with E-state index in [4.69, 9.17) is 0 Å². The van der Waals surface area contributed by atoms with Gasteiger partial charge >= 0.3 is 0 Å². The van der Waals surface area contributed by atoms with Crippen LogP contribution < -0.4 is 10.6 Å². The van der Waals surface area contributed by atoms with Crippen LogP contribution in [-0.4, -0.2) is 48.3 Å². The van der Waals surface area contributed by atoms with Gasteiger partial charge in [-0.15, -0.1) is 0 Å². The SMILES string of the molecule is CC(C)CNC(=O)[C@@H](NC(=O)c1ccccc1)C1CCN(C(=O)C2CC2)CC1. The van der Waals surface area contributed by atoms with Crippen molar-refractivity contribution in [2.45, 2.75) is 45.6 Å². The van der Waals surface area contributed by atoms with Gasteiger partial charge in [0.25, 0.3) is 5.91 Å². The maximum absolute atomic E-state index is 12.8. The maximum atomic E-state index is 12.8. The molecule has 28 heavy (non-hydrogen) atoms. The van der Waals surface area contributed by atoms with Gasteiger partial charge in [-0.25, -0.2) is 0 Å². The van der Waals surface area contributed by atoms with E-state index >= 15 is 0 Å². The molecule has 1 aromatic rings. The van der Waals surface area contributed by atoms with Crippen molar-refractivity contribution in [1.82, 2.24) is 15.5 Å². The molecule has 0 unspecified atom stereocenters. The highest BCUT2D eigenvalue weighted by Gasteiger charge is 2.38. The number of piperidine rings is 1. The number of benzene rings is 1. The standard InChI is InChI=1S/C22H31N3O3/c1-15(2)14-23-21(27)19(24-20(26)17-6-4-3-5-7-17)16-10-12-25(13-11-16)22(28)18-8-9-18/h3-7,15-16,18-19H,8-14H2,1-2H3,(H,23,27)(H,24,26)/t19-/m0/s1. The molecule has 0 radical (unpaired) electrons. The van der Waals surface area contributed by atoms with E-state index in [2.05, 4.69) is 10.6 Å². The fourth-order valence-corrected chi connectivity index (χ4v) is 3.67. The average Bonchev–Trinajstić information content (AvgIpc) is 3.55. The van der Waals surface area contributed by atoms with E-state index in [1.807, 2.05) is 36.9 Å². The van der Waals surface area contributed by atoms with Gasteiger partial charge < -0.3 is 15.5 Å². The first-order chi connectivity index (χ1) is 13.5. The molecule has 2 N–H and O–H groups in total. The van der Waals surface area contributed by atoms with Crippen LogP contribution in [0.2, 0.25) is 0 Å². The summed E-state index contributed by atoms with van der Waals surface area (Å²) < 4.78 is 0. The number of likely N-dealkylation sites (tertiary alicyclic amines) is 1. The third-order valence-electron chi connectivity index (χ3n) is 5.54. The lowest BCUT2D eigenvalue weighted by atomic mass is 9.88. The van der Waals surface area contributed by atoms with E-state index in [-0.39, 0.29) is 29.6 Å². The van der Waals surface area contributed by atoms with Crippen molar-refractivity contribution in [2.75, 3.05) is 19.6 Å². The highest BCUT2D eigenvalue weighted by molar-refractivity contribution is 5.97. The van der Waals surface area contributed by atoms with Gasteiger partial charge in [-0.2, -0.15) is 0 Å². The van der Waals surface area contributed by atoms with Crippen molar-refractivity contribution >= 4 is 17.7 Å². The second-order valence-electron chi connectivity index (χ2n) is 8.39. The minimum Gasteiger partial charge on any atom is -0.354 e. The van der Waals surface area contributed by atoms with E-state index in [1.54, 1.807) is 12.1 Å². The summed E-state index contributed by atoms with van der Waals surface area (Å²) in [7, 11) is 0. The summed E-state index contributed by atoms with van der Waals surface area (Å²) in [5, 5.41) is 5.92. The topological polar surface area (TPSA) is 78.5 Å². The Kier molecular flexibility index (Phi) is 6.70. The summed E-state index contributed by atoms with van der Waals surface area (Å²) in [5.41, 5.74) is 0.547. The number of carbonyl (C=O) groups is 3. The number of rotatable bonds is 7. The van der Waals surface area contributed by atoms with Gasteiger partial charge in [0.2, 0.25) is 11.8 Å². The first-order valence-corrected chi connectivity index (χ1v) is 10.4. The first kappa shape index (κ1) is 20.4. The second-order valence-corrected chi connectivity index (χ2v) is 8.39. The van der Waals surface area contributed by atoms with Gasteiger partial charge in [0, 0.05) is 31.1 Å². The smallest absolute Gasteiger partial charge is 0.251 e. The Labute approximate surface area is 167 Å². The van der Waals surface area contributed by atoms with Gasteiger partial charge in [0.1, 0.15) is 6.04 Å². The third-order valence-corrected chi connectivity index (χ3v) is 5.54. The summed E-state index contributed by atoms with van der Waals surface area (Å²) in [6.07, 6.45) is 3.47. The zero-order valence-corrected chi connectivity index (χ0v) is 16.8. The van der Waals surface area contributed by atoms with Crippen LogP contribution in [0.1, 0.15) is 49.9 Å². The molecule has 0 spiro atoms. The quantitative estimate of drug-likeness (QED) is 0.755. The molecule has 1 saturated carbocycles. The fourth-order valence-electron chi connectivity index (χ4n) is 3.67. The Morgan fingerprint density at radius 1 is 1.04 bits per heavy atom. The molecule has 1 saturated heterocycles. The van der Waals surface area contributed by atoms with E-state index in [0.29, 0.717) is 31.1 Å². The molecule has 2 aliphatic rings. The highest BCUT2D eigenvalue weighted by Crippen LogP contribution is 2.33. The molecule has 152 valence electrons. The molecule has 1 atom stereocenters. The van der Waals surface area contributed by atoms with Crippen LogP contribution >= 0.6 is 0 Å². The van der Waals surface area contributed by atoms with Crippen LogP contribution in [0.5, 0.6) is 0 Å². The molecule has 1 heterocycles. The van der Waals surface area contributed by atoms with Gasteiger partial charge in [-0.05, 0) is 49.7 Å². The number of hydrogen-bond donors (Lipinski definition) is 2. The van der Waals surface area contributed by atoms with Crippen molar-refractivity contribution in [2.24, 2.45) is 17.8 Å². The maximum Gasteiger partial charge on any atom is 0.251 e. The van der Waals surface area contributed by atoms with E-state index in [9.17, 15) is 14.4 Å². The number of carbonyl (C=O) groups excluding carboxylic acids is 3. The van der Waals surface area contributed by atoms with Crippen molar-refractivity contribution in [3.63, 3.8) is 0 Å². The Morgan fingerprint density at radius 2 is 1.68 bits per heavy atom. The zero-order chi connectivity index (χ0) is 20.1. The van der Waals surface area contributed by atoms with Gasteiger partial charge in [-0.1, -0.05) is 32.0 Å². The van der Waals surface area contributed by atoms with Crippen LogP contribution in [-0.2, 0) is 9.59 Å². The molecular formula is C22H31N3O3. The summed E-state index contributed by atoms with van der Waals surface area (Å²) in [4.78, 5) is 39.7. The Bertz CT molecular complexity index is 692. The monoisotopic (exact) mass is 385 g/mol. The van der Waals surface area contributed by atoms with Crippen LogP contribution in [0.15, 0.2) is 30.3 Å². The van der Waals surface area contributed by atoms with Gasteiger partial charge in [-0.3, -0.25) is 14.4 Å². The van der Waals surface area contributed by atoms with Gasteiger partial charge in [0.15, 0.2) is 0 Å². The van der Waals surface area contributed by atoms with E-state index in [0.717, 1.165) is 25.7 Å². The fraction of sp³-hybridized carbons (Fsp3) is 0.591. The molecule has 3 amide bonds. The summed E-state index contributed by atoms with van der Waals surface area (Å²) in [6, 6.07) is 8.39. The largest absolute Gasteiger partial charge is 0.354 e. The van der Waals surface area contributed by atoms with E-state index < -0.39 is 6.04 Å². The van der Waals surface area contributed by atoms with Crippen molar-refractivity contribution in [3.8, 4) is 0 Å². The molecule has 6 nitrogen and oxygen atoms in total. The van der Waals surface area contributed by atoms with Crippen molar-refractivity contribution in [3.05, 3.63) is 35.9 Å². The third kappa shape index (κ3) is 5.33. The molecule has 1 aromatic carbocycles. The lowest BCUT2D eigenvalue weighted by Gasteiger charge is -2.36. The Morgan fingerprint density at radius 3 is 2.25 bits per heavy atom. The average molecular weight is 386 g/mol. The molecule has 1 aliphatic carbocycles. The van der Waals surface area contributed by atoms with Gasteiger partial charge in [0.05, 0.1) is 0 Å². The lowest BCUT2D eigenvalue weighted by molar-refractivity contribution is -0.134. The minimum atomic E-state index is -0.579. The lowest BCUT2D eigenvalue weighted by Crippen LogP contribution is -2.54. The number of amides is 3. The Hall–Kier alpha value is -2.37.